The number of amidine groups is 2. The molecule has 1 aliphatic carbocycles. The molecule has 1 aromatic heterocycles. The van der Waals surface area contributed by atoms with Gasteiger partial charge in [0.15, 0.2) is 5.84 Å². The van der Waals surface area contributed by atoms with E-state index in [0.717, 1.165) is 46.5 Å². The van der Waals surface area contributed by atoms with Gasteiger partial charge in [0.1, 0.15) is 17.4 Å². The van der Waals surface area contributed by atoms with Crippen molar-refractivity contribution in [3.63, 3.8) is 0 Å². The summed E-state index contributed by atoms with van der Waals surface area (Å²) in [5, 5.41) is 17.6. The number of thioether (sulfide) groups is 1. The minimum Gasteiger partial charge on any atom is -0.492 e. The second-order valence-corrected chi connectivity index (χ2v) is 11.4. The number of hydrogen-bond donors (Lipinski definition) is 1. The van der Waals surface area contributed by atoms with Gasteiger partial charge < -0.3 is 9.30 Å². The molecule has 1 N–H and O–H groups in total. The summed E-state index contributed by atoms with van der Waals surface area (Å²) in [6.45, 7) is 5.41. The maximum absolute atomic E-state index is 13.1. The molecule has 200 valence electrons. The van der Waals surface area contributed by atoms with Gasteiger partial charge in [-0.15, -0.1) is 0 Å². The molecule has 2 aliphatic heterocycles. The lowest BCUT2D eigenvalue weighted by molar-refractivity contribution is -0.114. The van der Waals surface area contributed by atoms with Crippen LogP contribution < -0.4 is 4.74 Å². The Morgan fingerprint density at radius 2 is 1.97 bits per heavy atom. The molecule has 2 aromatic carbocycles. The largest absolute Gasteiger partial charge is 0.492 e. The molecule has 0 bridgehead atoms. The van der Waals surface area contributed by atoms with Crippen LogP contribution in [0.4, 0.5) is 0 Å². The van der Waals surface area contributed by atoms with Gasteiger partial charge >= 0.3 is 0 Å². The monoisotopic (exact) mass is 539 g/mol. The Bertz CT molecular complexity index is 1540. The van der Waals surface area contributed by atoms with E-state index in [1.54, 1.807) is 11.1 Å². The number of aryl methyl sites for hydroxylation is 2. The topological polar surface area (TPSA) is 83.0 Å². The summed E-state index contributed by atoms with van der Waals surface area (Å²) < 4.78 is 8.26. The van der Waals surface area contributed by atoms with Crippen LogP contribution in [0.5, 0.6) is 5.75 Å². The van der Waals surface area contributed by atoms with Crippen LogP contribution in [0.15, 0.2) is 64.3 Å². The van der Waals surface area contributed by atoms with Crippen LogP contribution in [0.2, 0.25) is 0 Å². The molecular formula is C31H33N5O2S. The lowest BCUT2D eigenvalue weighted by Crippen LogP contribution is -2.35. The number of aromatic nitrogens is 1. The van der Waals surface area contributed by atoms with Gasteiger partial charge in [-0.25, -0.2) is 0 Å². The van der Waals surface area contributed by atoms with E-state index in [1.165, 1.54) is 42.2 Å². The Balaban J connectivity index is 1.24. The third-order valence-corrected chi connectivity index (χ3v) is 8.73. The number of benzene rings is 2. The Kier molecular flexibility index (Phi) is 7.12. The van der Waals surface area contributed by atoms with Crippen molar-refractivity contribution in [2.45, 2.75) is 58.9 Å². The summed E-state index contributed by atoms with van der Waals surface area (Å²) in [7, 11) is 0. The minimum absolute atomic E-state index is 0.0923. The molecule has 0 saturated heterocycles. The standard InChI is InChI=1S/C31H33N5O2S/c1-3-21-15-20(2)16-24(17-21)38-14-13-35-19-23(25-11-7-8-12-27(25)35)18-26-28(32)36-31(33-29(26)37)39-30(34-36)22-9-5-4-6-10-22/h7-8,11-12,15-19,22,32H,3-6,9-10,13-14H2,1-2H3/b26-18-,32-28?. The van der Waals surface area contributed by atoms with Crippen LogP contribution in [0, 0.1) is 18.3 Å². The average Bonchev–Trinajstić information content (AvgIpc) is 3.53. The number of carbonyl (C=O) groups excluding carboxylic acids is 1. The third-order valence-electron chi connectivity index (χ3n) is 7.66. The quantitative estimate of drug-likeness (QED) is 0.335. The van der Waals surface area contributed by atoms with Gasteiger partial charge in [0.2, 0.25) is 5.17 Å². The molecule has 0 spiro atoms. The number of carbonyl (C=O) groups is 1. The first-order valence-electron chi connectivity index (χ1n) is 13.8. The van der Waals surface area contributed by atoms with E-state index < -0.39 is 0 Å². The molecule has 3 aliphatic rings. The molecule has 1 fully saturated rings. The van der Waals surface area contributed by atoms with E-state index in [2.05, 4.69) is 47.7 Å². The highest BCUT2D eigenvalue weighted by Gasteiger charge is 2.38. The van der Waals surface area contributed by atoms with Crippen molar-refractivity contribution in [3.05, 3.63) is 70.9 Å². The van der Waals surface area contributed by atoms with Gasteiger partial charge in [0.25, 0.3) is 5.91 Å². The van der Waals surface area contributed by atoms with E-state index in [9.17, 15) is 4.79 Å². The maximum atomic E-state index is 13.1. The van der Waals surface area contributed by atoms with E-state index in [1.807, 2.05) is 24.4 Å². The molecule has 39 heavy (non-hydrogen) atoms. The number of fused-ring (bicyclic) bond motifs is 2. The zero-order chi connectivity index (χ0) is 26.9. The molecule has 3 aromatic rings. The minimum atomic E-state index is -0.384. The second kappa shape index (κ2) is 10.8. The van der Waals surface area contributed by atoms with Gasteiger partial charge in [-0.3, -0.25) is 10.2 Å². The van der Waals surface area contributed by atoms with Gasteiger partial charge in [-0.05, 0) is 73.4 Å². The summed E-state index contributed by atoms with van der Waals surface area (Å²) in [6.07, 6.45) is 10.7. The summed E-state index contributed by atoms with van der Waals surface area (Å²) >= 11 is 1.45. The Morgan fingerprint density at radius 1 is 1.15 bits per heavy atom. The normalized spacial score (nSPS) is 19.0. The first kappa shape index (κ1) is 25.6. The second-order valence-electron chi connectivity index (χ2n) is 10.4. The molecule has 3 heterocycles. The maximum Gasteiger partial charge on any atom is 0.283 e. The van der Waals surface area contributed by atoms with Crippen molar-refractivity contribution in [1.82, 2.24) is 9.58 Å². The molecule has 7 nitrogen and oxygen atoms in total. The van der Waals surface area contributed by atoms with E-state index in [0.29, 0.717) is 24.2 Å². The van der Waals surface area contributed by atoms with Crippen molar-refractivity contribution in [2.24, 2.45) is 16.0 Å². The van der Waals surface area contributed by atoms with Crippen molar-refractivity contribution in [2.75, 3.05) is 6.61 Å². The number of ether oxygens (including phenoxy) is 1. The zero-order valence-electron chi connectivity index (χ0n) is 22.4. The third kappa shape index (κ3) is 5.17. The van der Waals surface area contributed by atoms with Gasteiger partial charge in [0, 0.05) is 28.6 Å². The van der Waals surface area contributed by atoms with Gasteiger partial charge in [-0.1, -0.05) is 50.5 Å². The van der Waals surface area contributed by atoms with Crippen LogP contribution in [-0.2, 0) is 17.8 Å². The molecular weight excluding hydrogens is 506 g/mol. The lowest BCUT2D eigenvalue weighted by atomic mass is 9.90. The molecule has 6 rings (SSSR count). The fourth-order valence-corrected chi connectivity index (χ4v) is 6.69. The highest BCUT2D eigenvalue weighted by atomic mass is 32.2. The SMILES string of the molecule is CCc1cc(C)cc(OCCn2cc(/C=C3/C(=N)N4N=C(C5CCCCC5)SC4=NC3=O)c3ccccc32)c1. The first-order chi connectivity index (χ1) is 19.0. The van der Waals surface area contributed by atoms with E-state index >= 15 is 0 Å². The van der Waals surface area contributed by atoms with E-state index in [-0.39, 0.29) is 17.3 Å². The van der Waals surface area contributed by atoms with Crippen LogP contribution in [0.25, 0.3) is 17.0 Å². The summed E-state index contributed by atoms with van der Waals surface area (Å²) in [5.74, 6) is 0.998. The van der Waals surface area contributed by atoms with Crippen LogP contribution in [-0.4, -0.2) is 38.1 Å². The van der Waals surface area contributed by atoms with Gasteiger partial charge in [-0.2, -0.15) is 15.1 Å². The highest BCUT2D eigenvalue weighted by Crippen LogP contribution is 2.36. The van der Waals surface area contributed by atoms with Crippen LogP contribution in [0.3, 0.4) is 0 Å². The molecule has 0 radical (unpaired) electrons. The van der Waals surface area contributed by atoms with Crippen molar-refractivity contribution in [3.8, 4) is 5.75 Å². The Morgan fingerprint density at radius 3 is 2.79 bits per heavy atom. The first-order valence-corrected chi connectivity index (χ1v) is 14.6. The number of hydrazone groups is 1. The van der Waals surface area contributed by atoms with Crippen molar-refractivity contribution < 1.29 is 9.53 Å². The summed E-state index contributed by atoms with van der Waals surface area (Å²) in [4.78, 5) is 17.4. The smallest absolute Gasteiger partial charge is 0.283 e. The predicted octanol–water partition coefficient (Wildman–Crippen LogP) is 6.79. The van der Waals surface area contributed by atoms with Gasteiger partial charge in [0.05, 0.1) is 12.1 Å². The van der Waals surface area contributed by atoms with Crippen molar-refractivity contribution in [1.29, 1.82) is 5.41 Å². The zero-order valence-corrected chi connectivity index (χ0v) is 23.3. The van der Waals surface area contributed by atoms with Crippen LogP contribution >= 0.6 is 11.8 Å². The number of hydrogen-bond acceptors (Lipinski definition) is 5. The molecule has 1 saturated carbocycles. The fraction of sp³-hybridized carbons (Fsp3) is 0.355. The number of rotatable bonds is 7. The molecule has 0 atom stereocenters. The number of nitrogens with one attached hydrogen (secondary N) is 1. The molecule has 1 amide bonds. The summed E-state index contributed by atoms with van der Waals surface area (Å²) in [6, 6.07) is 14.5. The van der Waals surface area contributed by atoms with Crippen molar-refractivity contribution >= 4 is 50.7 Å². The molecule has 8 heteroatoms. The Hall–Kier alpha value is -3.65. The van der Waals surface area contributed by atoms with Crippen LogP contribution in [0.1, 0.15) is 55.7 Å². The fourth-order valence-electron chi connectivity index (χ4n) is 5.63. The number of para-hydroxylation sites is 1. The number of aliphatic imine (C=N–C) groups is 1. The Labute approximate surface area is 233 Å². The lowest BCUT2D eigenvalue weighted by Gasteiger charge is -2.20. The van der Waals surface area contributed by atoms with E-state index in [4.69, 9.17) is 15.2 Å². The number of nitrogens with zero attached hydrogens (tertiary/aromatic N) is 4. The average molecular weight is 540 g/mol. The molecule has 0 unspecified atom stereocenters. The highest BCUT2D eigenvalue weighted by molar-refractivity contribution is 8.27. The predicted molar refractivity (Wildman–Crippen MR) is 160 cm³/mol. The summed E-state index contributed by atoms with van der Waals surface area (Å²) in [5.41, 5.74) is 4.66. The number of amides is 1.